The number of fused-ring (bicyclic) bond motifs is 2. The van der Waals surface area contributed by atoms with E-state index in [-0.39, 0.29) is 4.90 Å². The minimum Gasteiger partial charge on any atom is -0.489 e. The molecular weight excluding hydrogens is 344 g/mol. The Kier molecular flexibility index (Phi) is 3.84. The van der Waals surface area contributed by atoms with Gasteiger partial charge in [0.1, 0.15) is 25.6 Å². The third-order valence-electron chi connectivity index (χ3n) is 4.13. The highest BCUT2D eigenvalue weighted by atomic mass is 32.2. The van der Waals surface area contributed by atoms with Gasteiger partial charge in [-0.2, -0.15) is 0 Å². The number of nitrogens with zero attached hydrogens (tertiary/aromatic N) is 1. The number of likely N-dealkylation sites (N-methyl/N-ethyl adjacent to an activating group) is 1. The molecule has 2 heterocycles. The second-order valence-electron chi connectivity index (χ2n) is 5.86. The van der Waals surface area contributed by atoms with E-state index < -0.39 is 10.0 Å². The molecule has 0 radical (unpaired) electrons. The summed E-state index contributed by atoms with van der Waals surface area (Å²) in [6.07, 6.45) is 0. The fourth-order valence-corrected chi connectivity index (χ4v) is 3.89. The molecule has 8 heteroatoms. The quantitative estimate of drug-likeness (QED) is 0.901. The summed E-state index contributed by atoms with van der Waals surface area (Å²) in [6, 6.07) is 9.84. The second kappa shape index (κ2) is 6.03. The lowest BCUT2D eigenvalue weighted by Gasteiger charge is -2.28. The van der Waals surface area contributed by atoms with Gasteiger partial charge < -0.3 is 19.1 Å². The molecule has 0 saturated heterocycles. The summed E-state index contributed by atoms with van der Waals surface area (Å²) in [6.45, 7) is 2.23. The molecule has 0 saturated carbocycles. The van der Waals surface area contributed by atoms with Crippen LogP contribution in [0.3, 0.4) is 0 Å². The third-order valence-corrected chi connectivity index (χ3v) is 5.51. The summed E-state index contributed by atoms with van der Waals surface area (Å²) >= 11 is 0. The smallest absolute Gasteiger partial charge is 0.262 e. The van der Waals surface area contributed by atoms with Gasteiger partial charge in [-0.15, -0.1) is 0 Å². The van der Waals surface area contributed by atoms with E-state index in [1.165, 1.54) is 12.1 Å². The van der Waals surface area contributed by atoms with Crippen molar-refractivity contribution in [3.8, 4) is 17.2 Å². The van der Waals surface area contributed by atoms with Gasteiger partial charge in [0.15, 0.2) is 11.5 Å². The zero-order chi connectivity index (χ0) is 17.4. The van der Waals surface area contributed by atoms with Crippen molar-refractivity contribution < 1.29 is 22.6 Å². The molecule has 0 aliphatic carbocycles. The van der Waals surface area contributed by atoms with E-state index in [4.69, 9.17) is 14.2 Å². The minimum atomic E-state index is -3.74. The minimum absolute atomic E-state index is 0.118. The molecule has 0 bridgehead atoms. The molecule has 0 unspecified atom stereocenters. The van der Waals surface area contributed by atoms with Crippen molar-refractivity contribution >= 4 is 21.4 Å². The van der Waals surface area contributed by atoms with Gasteiger partial charge in [-0.05, 0) is 24.3 Å². The summed E-state index contributed by atoms with van der Waals surface area (Å²) in [5.74, 6) is 1.65. The van der Waals surface area contributed by atoms with Crippen LogP contribution in [0.15, 0.2) is 41.3 Å². The first-order valence-electron chi connectivity index (χ1n) is 7.93. The fraction of sp³-hybridized carbons (Fsp3) is 0.294. The van der Waals surface area contributed by atoms with Crippen LogP contribution < -0.4 is 23.8 Å². The van der Waals surface area contributed by atoms with Crippen molar-refractivity contribution in [3.05, 3.63) is 36.4 Å². The van der Waals surface area contributed by atoms with Crippen molar-refractivity contribution in [2.24, 2.45) is 0 Å². The van der Waals surface area contributed by atoms with Crippen LogP contribution in [0.5, 0.6) is 17.2 Å². The van der Waals surface area contributed by atoms with Gasteiger partial charge in [0, 0.05) is 19.2 Å². The normalized spacial score (nSPS) is 16.0. The van der Waals surface area contributed by atoms with Gasteiger partial charge in [-0.25, -0.2) is 8.42 Å². The van der Waals surface area contributed by atoms with Gasteiger partial charge in [-0.1, -0.05) is 0 Å². The van der Waals surface area contributed by atoms with Crippen LogP contribution in [0.4, 0.5) is 11.4 Å². The number of benzene rings is 2. The molecule has 0 atom stereocenters. The zero-order valence-corrected chi connectivity index (χ0v) is 14.5. The van der Waals surface area contributed by atoms with Crippen molar-refractivity contribution in [3.63, 3.8) is 0 Å². The van der Waals surface area contributed by atoms with Gasteiger partial charge in [0.25, 0.3) is 10.0 Å². The largest absolute Gasteiger partial charge is 0.489 e. The average molecular weight is 362 g/mol. The first-order valence-corrected chi connectivity index (χ1v) is 9.42. The molecule has 2 aromatic carbocycles. The van der Waals surface area contributed by atoms with Crippen LogP contribution in [0.1, 0.15) is 0 Å². The van der Waals surface area contributed by atoms with Crippen molar-refractivity contribution in [1.82, 2.24) is 0 Å². The van der Waals surface area contributed by atoms with E-state index >= 15 is 0 Å². The highest BCUT2D eigenvalue weighted by molar-refractivity contribution is 7.92. The molecule has 2 aliphatic rings. The number of hydrogen-bond acceptors (Lipinski definition) is 6. The van der Waals surface area contributed by atoms with Crippen LogP contribution in [0, 0.1) is 0 Å². The van der Waals surface area contributed by atoms with Crippen LogP contribution in [0.2, 0.25) is 0 Å². The number of anilines is 2. The van der Waals surface area contributed by atoms with Crippen molar-refractivity contribution in [2.75, 3.05) is 43.0 Å². The third kappa shape index (κ3) is 3.05. The van der Waals surface area contributed by atoms with E-state index in [9.17, 15) is 8.42 Å². The lowest BCUT2D eigenvalue weighted by molar-refractivity contribution is 0.171. The number of rotatable bonds is 3. The van der Waals surface area contributed by atoms with Crippen molar-refractivity contribution in [2.45, 2.75) is 4.90 Å². The second-order valence-corrected chi connectivity index (χ2v) is 7.55. The van der Waals surface area contributed by atoms with Gasteiger partial charge in [0.2, 0.25) is 0 Å². The lowest BCUT2D eigenvalue weighted by Crippen LogP contribution is -2.28. The Hall–Kier alpha value is -2.61. The maximum absolute atomic E-state index is 12.7. The highest BCUT2D eigenvalue weighted by Gasteiger charge is 2.21. The molecule has 132 valence electrons. The molecule has 4 rings (SSSR count). The van der Waals surface area contributed by atoms with Crippen LogP contribution in [-0.4, -0.2) is 41.8 Å². The predicted octanol–water partition coefficient (Wildman–Crippen LogP) is 2.09. The van der Waals surface area contributed by atoms with Crippen LogP contribution in [0.25, 0.3) is 0 Å². The van der Waals surface area contributed by atoms with Crippen LogP contribution in [-0.2, 0) is 10.0 Å². The van der Waals surface area contributed by atoms with E-state index in [1.54, 1.807) is 18.2 Å². The van der Waals surface area contributed by atoms with E-state index in [1.807, 2.05) is 13.1 Å². The maximum Gasteiger partial charge on any atom is 0.262 e. The Morgan fingerprint density at radius 3 is 2.52 bits per heavy atom. The summed E-state index contributed by atoms with van der Waals surface area (Å²) < 4.78 is 44.4. The Morgan fingerprint density at radius 1 is 0.920 bits per heavy atom. The number of sulfonamides is 1. The molecule has 25 heavy (non-hydrogen) atoms. The first kappa shape index (κ1) is 15.9. The van der Waals surface area contributed by atoms with Crippen molar-refractivity contribution in [1.29, 1.82) is 0 Å². The molecule has 2 aliphatic heterocycles. The number of nitrogens with one attached hydrogen (secondary N) is 1. The molecular formula is C17H18N2O5S. The first-order chi connectivity index (χ1) is 12.0. The van der Waals surface area contributed by atoms with E-state index in [0.29, 0.717) is 42.8 Å². The molecule has 7 nitrogen and oxygen atoms in total. The Morgan fingerprint density at radius 2 is 1.68 bits per heavy atom. The molecule has 1 N–H and O–H groups in total. The standard InChI is InChI=1S/C17H18N2O5S/c1-19-6-7-22-16-10-12(2-4-14(16)19)18-25(20,21)13-3-5-15-17(11-13)24-9-8-23-15/h2-5,10-11,18H,6-9H2,1H3. The molecule has 0 spiro atoms. The topological polar surface area (TPSA) is 77.1 Å². The molecule has 2 aromatic rings. The number of hydrogen-bond donors (Lipinski definition) is 1. The fourth-order valence-electron chi connectivity index (χ4n) is 2.83. The monoisotopic (exact) mass is 362 g/mol. The van der Waals surface area contributed by atoms with Gasteiger partial charge in [0.05, 0.1) is 22.8 Å². The number of ether oxygens (including phenoxy) is 3. The van der Waals surface area contributed by atoms with Gasteiger partial charge in [-0.3, -0.25) is 4.72 Å². The summed E-state index contributed by atoms with van der Waals surface area (Å²) in [5.41, 5.74) is 1.39. The van der Waals surface area contributed by atoms with Crippen LogP contribution >= 0.6 is 0 Å². The lowest BCUT2D eigenvalue weighted by atomic mass is 10.2. The average Bonchev–Trinajstić information content (AvgIpc) is 2.61. The SMILES string of the molecule is CN1CCOc2cc(NS(=O)(=O)c3ccc4c(c3)OCCO4)ccc21. The summed E-state index contributed by atoms with van der Waals surface area (Å²) in [5, 5.41) is 0. The highest BCUT2D eigenvalue weighted by Crippen LogP contribution is 2.35. The Labute approximate surface area is 146 Å². The Bertz CT molecular complexity index is 913. The molecule has 0 amide bonds. The zero-order valence-electron chi connectivity index (χ0n) is 13.7. The predicted molar refractivity (Wildman–Crippen MR) is 93.4 cm³/mol. The Balaban J connectivity index is 1.61. The van der Waals surface area contributed by atoms with E-state index in [0.717, 1.165) is 12.2 Å². The molecule has 0 fully saturated rings. The summed E-state index contributed by atoms with van der Waals surface area (Å²) in [7, 11) is -1.77. The van der Waals surface area contributed by atoms with E-state index in [2.05, 4.69) is 9.62 Å². The summed E-state index contributed by atoms with van der Waals surface area (Å²) in [4.78, 5) is 2.19. The van der Waals surface area contributed by atoms with Gasteiger partial charge >= 0.3 is 0 Å². The maximum atomic E-state index is 12.7. The molecule has 0 aromatic heterocycles.